The van der Waals surface area contributed by atoms with E-state index in [2.05, 4.69) is 12.2 Å². The van der Waals surface area contributed by atoms with E-state index in [9.17, 15) is 9.90 Å². The van der Waals surface area contributed by atoms with Crippen molar-refractivity contribution >= 4 is 13.2 Å². The van der Waals surface area contributed by atoms with E-state index in [4.69, 9.17) is 14.0 Å². The molecule has 0 spiro atoms. The summed E-state index contributed by atoms with van der Waals surface area (Å²) in [5.74, 6) is -0.0468. The fraction of sp³-hybridized carbons (Fsp3) is 0.950. The van der Waals surface area contributed by atoms with Crippen molar-refractivity contribution in [2.75, 3.05) is 0 Å². The highest BCUT2D eigenvalue weighted by molar-refractivity contribution is 6.48. The Bertz CT molecular complexity index is 521. The van der Waals surface area contributed by atoms with Crippen LogP contribution in [-0.2, 0) is 14.0 Å². The Morgan fingerprint density at radius 1 is 1.22 bits per heavy atom. The summed E-state index contributed by atoms with van der Waals surface area (Å²) in [6, 6.07) is 0. The minimum Gasteiger partial charge on any atom is -0.444 e. The van der Waals surface area contributed by atoms with E-state index in [1.165, 1.54) is 0 Å². The molecule has 1 heterocycles. The molecule has 1 atom stereocenters. The molecule has 1 amide bonds. The monoisotopic (exact) mass is 383 g/mol. The minimum atomic E-state index is -0.573. The molecule has 2 rings (SSSR count). The number of ether oxygens (including phenoxy) is 1. The molecule has 0 radical (unpaired) electrons. The van der Waals surface area contributed by atoms with Crippen LogP contribution in [0, 0.1) is 0 Å². The number of unbranched alkanes of at least 4 members (excludes halogenated alkanes) is 1. The van der Waals surface area contributed by atoms with Gasteiger partial charge in [0.1, 0.15) is 5.60 Å². The van der Waals surface area contributed by atoms with E-state index in [-0.39, 0.29) is 5.82 Å². The quantitative estimate of drug-likeness (QED) is 0.677. The van der Waals surface area contributed by atoms with Crippen molar-refractivity contribution in [2.45, 2.75) is 122 Å². The van der Waals surface area contributed by atoms with Crippen LogP contribution in [0.15, 0.2) is 0 Å². The Labute approximate surface area is 164 Å². The second-order valence-electron chi connectivity index (χ2n) is 10.2. The van der Waals surface area contributed by atoms with E-state index < -0.39 is 41.7 Å². The fourth-order valence-electron chi connectivity index (χ4n) is 3.94. The summed E-state index contributed by atoms with van der Waals surface area (Å²) in [6.07, 6.45) is 3.01. The molecular weight excluding hydrogens is 345 g/mol. The van der Waals surface area contributed by atoms with Crippen molar-refractivity contribution in [3.05, 3.63) is 0 Å². The van der Waals surface area contributed by atoms with Gasteiger partial charge in [0.05, 0.1) is 17.3 Å². The van der Waals surface area contributed by atoms with Crippen LogP contribution in [-0.4, -0.2) is 46.8 Å². The molecule has 1 saturated heterocycles. The maximum atomic E-state index is 12.5. The lowest BCUT2D eigenvalue weighted by molar-refractivity contribution is -0.0188. The molecule has 1 saturated carbocycles. The van der Waals surface area contributed by atoms with Crippen LogP contribution in [0.25, 0.3) is 0 Å². The first-order valence-electron chi connectivity index (χ1n) is 10.3. The van der Waals surface area contributed by atoms with Crippen LogP contribution in [0.3, 0.4) is 0 Å². The van der Waals surface area contributed by atoms with Gasteiger partial charge in [0.15, 0.2) is 0 Å². The van der Waals surface area contributed by atoms with Gasteiger partial charge in [0.25, 0.3) is 0 Å². The molecule has 1 aliphatic heterocycles. The largest absolute Gasteiger partial charge is 0.463 e. The third-order valence-electron chi connectivity index (χ3n) is 6.13. The highest BCUT2D eigenvalue weighted by Gasteiger charge is 2.61. The number of aliphatic hydroxyl groups excluding tert-OH is 1. The van der Waals surface area contributed by atoms with Crippen molar-refractivity contribution in [1.29, 1.82) is 0 Å². The van der Waals surface area contributed by atoms with Gasteiger partial charge in [-0.25, -0.2) is 4.79 Å². The van der Waals surface area contributed by atoms with Crippen molar-refractivity contribution in [3.63, 3.8) is 0 Å². The Kier molecular flexibility index (Phi) is 6.30. The predicted molar refractivity (Wildman–Crippen MR) is 107 cm³/mol. The average molecular weight is 383 g/mol. The van der Waals surface area contributed by atoms with Gasteiger partial charge in [0.2, 0.25) is 0 Å². The Morgan fingerprint density at radius 3 is 2.15 bits per heavy atom. The lowest BCUT2D eigenvalue weighted by atomic mass is 9.52. The normalized spacial score (nSPS) is 30.6. The highest BCUT2D eigenvalue weighted by atomic mass is 16.7. The number of amides is 1. The summed E-state index contributed by atoms with van der Waals surface area (Å²) in [5.41, 5.74) is -2.01. The number of rotatable bonds is 6. The molecular formula is C20H38BNO5. The van der Waals surface area contributed by atoms with Crippen molar-refractivity contribution < 1.29 is 23.9 Å². The zero-order valence-electron chi connectivity index (χ0n) is 18.3. The third-order valence-corrected chi connectivity index (χ3v) is 6.13. The van der Waals surface area contributed by atoms with Gasteiger partial charge < -0.3 is 24.5 Å². The molecule has 0 aromatic rings. The molecule has 2 fully saturated rings. The Hall–Kier alpha value is -0.785. The van der Waals surface area contributed by atoms with Crippen LogP contribution in [0.2, 0.25) is 5.82 Å². The van der Waals surface area contributed by atoms with Gasteiger partial charge in [-0.15, -0.1) is 0 Å². The second-order valence-corrected chi connectivity index (χ2v) is 10.2. The highest BCUT2D eigenvalue weighted by Crippen LogP contribution is 2.51. The first-order chi connectivity index (χ1) is 12.2. The van der Waals surface area contributed by atoms with Crippen molar-refractivity contribution in [3.8, 4) is 0 Å². The van der Waals surface area contributed by atoms with Gasteiger partial charge in [-0.2, -0.15) is 0 Å². The molecule has 1 aliphatic carbocycles. The molecule has 6 nitrogen and oxygen atoms in total. The van der Waals surface area contributed by atoms with Gasteiger partial charge in [-0.05, 0) is 67.7 Å². The Morgan fingerprint density at radius 2 is 1.74 bits per heavy atom. The van der Waals surface area contributed by atoms with E-state index in [0.717, 1.165) is 19.3 Å². The standard InChI is InChI=1S/C20H38BNO5/c1-9-10-11-15(21-26-18(5,6)19(7,8)27-21)20(12-14(23)13-20)22-16(24)25-17(2,3)4/h14-15,23H,9-13H2,1-8H3,(H,22,24). The van der Waals surface area contributed by atoms with E-state index in [0.29, 0.717) is 12.8 Å². The predicted octanol–water partition coefficient (Wildman–Crippen LogP) is 4.06. The first kappa shape index (κ1) is 22.5. The SMILES string of the molecule is CCCCC(B1OC(C)(C)C(C)(C)O1)C1(NC(=O)OC(C)(C)C)CC(O)C1. The number of carbonyl (C=O) groups is 1. The van der Waals surface area contributed by atoms with Gasteiger partial charge in [0, 0.05) is 11.4 Å². The second kappa shape index (κ2) is 7.56. The smallest absolute Gasteiger partial charge is 0.444 e. The lowest BCUT2D eigenvalue weighted by Gasteiger charge is -2.51. The fourth-order valence-corrected chi connectivity index (χ4v) is 3.94. The van der Waals surface area contributed by atoms with Crippen molar-refractivity contribution in [1.82, 2.24) is 5.32 Å². The van der Waals surface area contributed by atoms with Gasteiger partial charge in [-0.3, -0.25) is 0 Å². The third kappa shape index (κ3) is 4.98. The molecule has 27 heavy (non-hydrogen) atoms. The zero-order chi connectivity index (χ0) is 20.7. The number of nitrogens with one attached hydrogen (secondary N) is 1. The topological polar surface area (TPSA) is 77.0 Å². The Balaban J connectivity index is 2.24. The van der Waals surface area contributed by atoms with E-state index in [1.54, 1.807) is 0 Å². The van der Waals surface area contributed by atoms with Crippen LogP contribution in [0.5, 0.6) is 0 Å². The van der Waals surface area contributed by atoms with Crippen LogP contribution < -0.4 is 5.32 Å². The first-order valence-corrected chi connectivity index (χ1v) is 10.3. The van der Waals surface area contributed by atoms with Crippen LogP contribution >= 0.6 is 0 Å². The van der Waals surface area contributed by atoms with Gasteiger partial charge >= 0.3 is 13.2 Å². The number of alkyl carbamates (subject to hydrolysis) is 1. The molecule has 0 aromatic carbocycles. The van der Waals surface area contributed by atoms with Crippen molar-refractivity contribution in [2.24, 2.45) is 0 Å². The molecule has 156 valence electrons. The summed E-state index contributed by atoms with van der Waals surface area (Å²) in [5, 5.41) is 13.2. The summed E-state index contributed by atoms with van der Waals surface area (Å²) < 4.78 is 18.1. The van der Waals surface area contributed by atoms with Gasteiger partial charge in [-0.1, -0.05) is 19.8 Å². The molecule has 7 heteroatoms. The summed E-state index contributed by atoms with van der Waals surface area (Å²) in [7, 11) is -0.427. The maximum absolute atomic E-state index is 12.5. The van der Waals surface area contributed by atoms with E-state index >= 15 is 0 Å². The molecule has 0 bridgehead atoms. The maximum Gasteiger partial charge on any atom is 0.463 e. The van der Waals surface area contributed by atoms with Crippen LogP contribution in [0.1, 0.15) is 87.5 Å². The number of carbonyl (C=O) groups excluding carboxylic acids is 1. The molecule has 2 aliphatic rings. The summed E-state index contributed by atoms with van der Waals surface area (Å²) in [6.45, 7) is 15.8. The lowest BCUT2D eigenvalue weighted by Crippen LogP contribution is -2.65. The molecule has 1 unspecified atom stereocenters. The number of hydrogen-bond donors (Lipinski definition) is 2. The molecule has 0 aromatic heterocycles. The summed E-state index contributed by atoms with van der Waals surface area (Å²) >= 11 is 0. The molecule has 2 N–H and O–H groups in total. The van der Waals surface area contributed by atoms with E-state index in [1.807, 2.05) is 48.5 Å². The zero-order valence-corrected chi connectivity index (χ0v) is 18.3. The van der Waals surface area contributed by atoms with Crippen LogP contribution in [0.4, 0.5) is 4.79 Å². The average Bonchev–Trinajstić information content (AvgIpc) is 2.63. The summed E-state index contributed by atoms with van der Waals surface area (Å²) in [4.78, 5) is 12.5. The minimum absolute atomic E-state index is 0.0468. The number of hydrogen-bond acceptors (Lipinski definition) is 5. The number of aliphatic hydroxyl groups is 1.